The molecular weight excluding hydrogens is 418 g/mol. The Morgan fingerprint density at radius 1 is 1.33 bits per heavy atom. The second kappa shape index (κ2) is 6.46. The van der Waals surface area contributed by atoms with Crippen LogP contribution in [0.5, 0.6) is 0 Å². The molecular formula is C14H13Br2N3OS. The molecule has 1 aliphatic heterocycles. The van der Waals surface area contributed by atoms with Crippen LogP contribution in [0.15, 0.2) is 32.7 Å². The maximum Gasteiger partial charge on any atom is 0.265 e. The van der Waals surface area contributed by atoms with E-state index in [0.29, 0.717) is 4.88 Å². The van der Waals surface area contributed by atoms with Crippen LogP contribution in [0.25, 0.3) is 0 Å². The molecule has 7 heteroatoms. The number of hydrogen-bond donors (Lipinski definition) is 1. The van der Waals surface area contributed by atoms with E-state index in [9.17, 15) is 4.79 Å². The van der Waals surface area contributed by atoms with Gasteiger partial charge in [0.1, 0.15) is 0 Å². The lowest BCUT2D eigenvalue weighted by molar-refractivity contribution is 0.103. The summed E-state index contributed by atoms with van der Waals surface area (Å²) in [5, 5.41) is 2.97. The van der Waals surface area contributed by atoms with Crippen molar-refractivity contribution < 1.29 is 4.79 Å². The van der Waals surface area contributed by atoms with Gasteiger partial charge in [-0.2, -0.15) is 0 Å². The van der Waals surface area contributed by atoms with Gasteiger partial charge in [-0.3, -0.25) is 4.79 Å². The molecule has 110 valence electrons. The highest BCUT2D eigenvalue weighted by Gasteiger charge is 2.19. The van der Waals surface area contributed by atoms with Crippen LogP contribution in [0, 0.1) is 0 Å². The quantitative estimate of drug-likeness (QED) is 0.778. The van der Waals surface area contributed by atoms with Crippen LogP contribution in [0.1, 0.15) is 22.5 Å². The van der Waals surface area contributed by atoms with E-state index in [-0.39, 0.29) is 5.91 Å². The van der Waals surface area contributed by atoms with Crippen LogP contribution in [0.4, 0.5) is 11.5 Å². The highest BCUT2D eigenvalue weighted by Crippen LogP contribution is 2.33. The first kappa shape index (κ1) is 15.0. The molecule has 1 saturated heterocycles. The normalized spacial score (nSPS) is 14.5. The fourth-order valence-electron chi connectivity index (χ4n) is 2.32. The van der Waals surface area contributed by atoms with Crippen molar-refractivity contribution in [1.29, 1.82) is 0 Å². The van der Waals surface area contributed by atoms with E-state index in [1.54, 1.807) is 6.20 Å². The number of thiophene rings is 1. The molecule has 3 rings (SSSR count). The molecule has 3 heterocycles. The molecule has 4 nitrogen and oxygen atoms in total. The zero-order chi connectivity index (χ0) is 14.8. The largest absolute Gasteiger partial charge is 0.355 e. The molecule has 0 radical (unpaired) electrons. The molecule has 0 aliphatic carbocycles. The van der Waals surface area contributed by atoms with E-state index in [2.05, 4.69) is 47.1 Å². The van der Waals surface area contributed by atoms with Crippen molar-refractivity contribution in [2.75, 3.05) is 23.3 Å². The number of hydrogen-bond acceptors (Lipinski definition) is 4. The molecule has 0 saturated carbocycles. The third-order valence-electron chi connectivity index (χ3n) is 3.31. The van der Waals surface area contributed by atoms with Gasteiger partial charge >= 0.3 is 0 Å². The van der Waals surface area contributed by atoms with Gasteiger partial charge in [0.2, 0.25) is 0 Å². The fourth-order valence-corrected chi connectivity index (χ4v) is 4.25. The summed E-state index contributed by atoms with van der Waals surface area (Å²) in [5.41, 5.74) is 0.769. The molecule has 1 aliphatic rings. The van der Waals surface area contributed by atoms with Crippen LogP contribution >= 0.6 is 43.2 Å². The molecule has 0 aromatic carbocycles. The first-order valence-electron chi connectivity index (χ1n) is 6.61. The Balaban J connectivity index is 1.82. The minimum atomic E-state index is -0.111. The van der Waals surface area contributed by atoms with Gasteiger partial charge in [-0.1, -0.05) is 0 Å². The Morgan fingerprint density at radius 3 is 2.76 bits per heavy atom. The number of carbonyl (C=O) groups excluding carboxylic acids is 1. The first-order valence-corrected chi connectivity index (χ1v) is 9.01. The van der Waals surface area contributed by atoms with Crippen LogP contribution in [0.3, 0.4) is 0 Å². The summed E-state index contributed by atoms with van der Waals surface area (Å²) in [6, 6.07) is 5.56. The Bertz CT molecular complexity index is 648. The molecule has 0 spiro atoms. The van der Waals surface area contributed by atoms with Gasteiger partial charge in [-0.25, -0.2) is 4.98 Å². The van der Waals surface area contributed by atoms with E-state index in [1.807, 2.05) is 18.2 Å². The van der Waals surface area contributed by atoms with E-state index in [1.165, 1.54) is 24.2 Å². The van der Waals surface area contributed by atoms with Crippen LogP contribution in [-0.2, 0) is 0 Å². The fraction of sp³-hybridized carbons (Fsp3) is 0.286. The van der Waals surface area contributed by atoms with Crippen molar-refractivity contribution in [2.24, 2.45) is 0 Å². The summed E-state index contributed by atoms with van der Waals surface area (Å²) in [4.78, 5) is 19.7. The zero-order valence-corrected chi connectivity index (χ0v) is 15.1. The Morgan fingerprint density at radius 2 is 2.10 bits per heavy atom. The monoisotopic (exact) mass is 429 g/mol. The number of halogens is 2. The minimum absolute atomic E-state index is 0.111. The molecule has 1 N–H and O–H groups in total. The van der Waals surface area contributed by atoms with E-state index in [4.69, 9.17) is 0 Å². The van der Waals surface area contributed by atoms with Gasteiger partial charge < -0.3 is 10.2 Å². The van der Waals surface area contributed by atoms with Gasteiger partial charge in [-0.15, -0.1) is 11.3 Å². The lowest BCUT2D eigenvalue weighted by atomic mass is 10.3. The smallest absolute Gasteiger partial charge is 0.265 e. The van der Waals surface area contributed by atoms with Crippen molar-refractivity contribution in [3.05, 3.63) is 37.5 Å². The van der Waals surface area contributed by atoms with Crippen LogP contribution in [0.2, 0.25) is 0 Å². The number of nitrogens with one attached hydrogen (secondary N) is 1. The van der Waals surface area contributed by atoms with Crippen molar-refractivity contribution in [3.63, 3.8) is 0 Å². The molecule has 2 aromatic rings. The molecule has 2 aromatic heterocycles. The third-order valence-corrected chi connectivity index (χ3v) is 6.56. The van der Waals surface area contributed by atoms with E-state index in [0.717, 1.165) is 32.9 Å². The maximum absolute atomic E-state index is 12.4. The molecule has 21 heavy (non-hydrogen) atoms. The number of amides is 1. The third kappa shape index (κ3) is 3.30. The minimum Gasteiger partial charge on any atom is -0.355 e. The lowest BCUT2D eigenvalue weighted by Crippen LogP contribution is -2.22. The lowest BCUT2D eigenvalue weighted by Gasteiger charge is -2.19. The average molecular weight is 431 g/mol. The molecule has 0 unspecified atom stereocenters. The second-order valence-electron chi connectivity index (χ2n) is 4.76. The van der Waals surface area contributed by atoms with Crippen molar-refractivity contribution in [2.45, 2.75) is 12.8 Å². The molecule has 1 amide bonds. The first-order chi connectivity index (χ1) is 10.1. The average Bonchev–Trinajstić information content (AvgIpc) is 3.10. The number of rotatable bonds is 3. The van der Waals surface area contributed by atoms with Crippen LogP contribution in [-0.4, -0.2) is 24.0 Å². The summed E-state index contributed by atoms with van der Waals surface area (Å²) >= 11 is 8.21. The number of aromatic nitrogens is 1. The number of nitrogens with zero attached hydrogens (tertiary/aromatic N) is 2. The second-order valence-corrected chi connectivity index (χ2v) is 7.98. The summed E-state index contributed by atoms with van der Waals surface area (Å²) in [7, 11) is 0. The van der Waals surface area contributed by atoms with Crippen LogP contribution < -0.4 is 10.2 Å². The molecule has 0 atom stereocenters. The Kier molecular flexibility index (Phi) is 4.61. The predicted octanol–water partition coefficient (Wildman–Crippen LogP) is 4.52. The van der Waals surface area contributed by atoms with Gasteiger partial charge in [0.15, 0.2) is 5.82 Å². The summed E-state index contributed by atoms with van der Waals surface area (Å²) in [5.74, 6) is 0.748. The van der Waals surface area contributed by atoms with Gasteiger partial charge in [-0.05, 0) is 62.9 Å². The van der Waals surface area contributed by atoms with Crippen molar-refractivity contribution in [3.8, 4) is 0 Å². The standard InChI is InChI=1S/C14H13Br2N3OS/c15-9-8-11(21-12(9)16)14(20)18-10-4-3-5-17-13(10)19-6-1-2-7-19/h3-5,8H,1-2,6-7H2,(H,18,20). The van der Waals surface area contributed by atoms with E-state index < -0.39 is 0 Å². The Labute approximate surface area is 143 Å². The summed E-state index contributed by atoms with van der Waals surface area (Å²) in [6.45, 7) is 1.99. The van der Waals surface area contributed by atoms with E-state index >= 15 is 0 Å². The topological polar surface area (TPSA) is 45.2 Å². The highest BCUT2D eigenvalue weighted by atomic mass is 79.9. The molecule has 0 bridgehead atoms. The summed E-state index contributed by atoms with van der Waals surface area (Å²) < 4.78 is 1.81. The SMILES string of the molecule is O=C(Nc1cccnc1N1CCCC1)c1cc(Br)c(Br)s1. The van der Waals surface area contributed by atoms with Gasteiger partial charge in [0.05, 0.1) is 14.4 Å². The summed E-state index contributed by atoms with van der Waals surface area (Å²) in [6.07, 6.45) is 4.12. The maximum atomic E-state index is 12.4. The Hall–Kier alpha value is -0.920. The zero-order valence-electron chi connectivity index (χ0n) is 11.1. The number of anilines is 2. The van der Waals surface area contributed by atoms with Crippen molar-refractivity contribution >= 4 is 60.6 Å². The number of pyridine rings is 1. The van der Waals surface area contributed by atoms with Crippen molar-refractivity contribution in [1.82, 2.24) is 4.98 Å². The highest BCUT2D eigenvalue weighted by molar-refractivity contribution is 9.13. The predicted molar refractivity (Wildman–Crippen MR) is 93.4 cm³/mol. The number of carbonyl (C=O) groups is 1. The molecule has 1 fully saturated rings. The van der Waals surface area contributed by atoms with Gasteiger partial charge in [0.25, 0.3) is 5.91 Å². The van der Waals surface area contributed by atoms with Gasteiger partial charge in [0, 0.05) is 23.8 Å².